The molecule has 0 heterocycles. The average Bonchev–Trinajstić information content (AvgIpc) is 2.16. The van der Waals surface area contributed by atoms with Crippen molar-refractivity contribution in [3.63, 3.8) is 0 Å². The minimum absolute atomic E-state index is 0.0258. The second kappa shape index (κ2) is 4.24. The van der Waals surface area contributed by atoms with E-state index in [1.807, 2.05) is 0 Å². The third kappa shape index (κ3) is 2.33. The summed E-state index contributed by atoms with van der Waals surface area (Å²) in [5.41, 5.74) is 1.46. The molecule has 0 saturated heterocycles. The van der Waals surface area contributed by atoms with Gasteiger partial charge in [0.1, 0.15) is 0 Å². The van der Waals surface area contributed by atoms with Gasteiger partial charge in [-0.25, -0.2) is 0 Å². The summed E-state index contributed by atoms with van der Waals surface area (Å²) in [6.07, 6.45) is -0.487. The molecule has 0 fully saturated rings. The van der Waals surface area contributed by atoms with Crippen molar-refractivity contribution in [2.24, 2.45) is 0 Å². The summed E-state index contributed by atoms with van der Waals surface area (Å²) in [4.78, 5) is 13.0. The summed E-state index contributed by atoms with van der Waals surface area (Å²) < 4.78 is 0. The molecular formula is C11H15NO2. The number of rotatable bonds is 2. The van der Waals surface area contributed by atoms with E-state index in [1.54, 1.807) is 45.3 Å². The molecule has 3 nitrogen and oxygen atoms in total. The van der Waals surface area contributed by atoms with Gasteiger partial charge in [-0.3, -0.25) is 4.79 Å². The first-order chi connectivity index (χ1) is 6.52. The van der Waals surface area contributed by atoms with E-state index in [2.05, 4.69) is 0 Å². The van der Waals surface area contributed by atoms with Gasteiger partial charge in [0.05, 0.1) is 6.10 Å². The summed E-state index contributed by atoms with van der Waals surface area (Å²) >= 11 is 0. The normalized spacial score (nSPS) is 12.3. The minimum Gasteiger partial charge on any atom is -0.389 e. The number of carbonyl (C=O) groups excluding carboxylic acids is 1. The summed E-state index contributed by atoms with van der Waals surface area (Å²) in [6, 6.07) is 6.98. The zero-order chi connectivity index (χ0) is 10.7. The standard InChI is InChI=1S/C11H15NO2/c1-8(13)9-4-6-10(7-5-9)11(14)12(2)3/h4-8,13H,1-3H3/t8-/m0/s1. The van der Waals surface area contributed by atoms with E-state index in [-0.39, 0.29) is 5.91 Å². The molecule has 1 aromatic rings. The SMILES string of the molecule is C[C@H](O)c1ccc(C(=O)N(C)C)cc1. The van der Waals surface area contributed by atoms with E-state index >= 15 is 0 Å². The van der Waals surface area contributed by atoms with Crippen LogP contribution in [0.1, 0.15) is 28.9 Å². The number of benzene rings is 1. The highest BCUT2D eigenvalue weighted by Crippen LogP contribution is 2.13. The Morgan fingerprint density at radius 1 is 1.29 bits per heavy atom. The molecule has 1 rings (SSSR count). The molecule has 0 radical (unpaired) electrons. The fourth-order valence-electron chi connectivity index (χ4n) is 1.16. The Bertz CT molecular complexity index is 315. The van der Waals surface area contributed by atoms with Crippen LogP contribution in [0.25, 0.3) is 0 Å². The first-order valence-electron chi connectivity index (χ1n) is 4.52. The Kier molecular flexibility index (Phi) is 3.25. The molecule has 14 heavy (non-hydrogen) atoms. The molecule has 1 N–H and O–H groups in total. The van der Waals surface area contributed by atoms with Gasteiger partial charge in [-0.05, 0) is 24.6 Å². The topological polar surface area (TPSA) is 40.5 Å². The zero-order valence-electron chi connectivity index (χ0n) is 8.69. The van der Waals surface area contributed by atoms with Crippen LogP contribution in [0.4, 0.5) is 0 Å². The van der Waals surface area contributed by atoms with E-state index < -0.39 is 6.10 Å². The van der Waals surface area contributed by atoms with Crippen molar-refractivity contribution in [2.75, 3.05) is 14.1 Å². The van der Waals surface area contributed by atoms with Crippen LogP contribution in [0.5, 0.6) is 0 Å². The summed E-state index contributed by atoms with van der Waals surface area (Å²) in [5.74, 6) is -0.0258. The van der Waals surface area contributed by atoms with Crippen LogP contribution in [0, 0.1) is 0 Å². The number of hydrogen-bond acceptors (Lipinski definition) is 2. The predicted molar refractivity (Wildman–Crippen MR) is 55.1 cm³/mol. The molecule has 1 aromatic carbocycles. The van der Waals surface area contributed by atoms with Gasteiger partial charge in [-0.15, -0.1) is 0 Å². The lowest BCUT2D eigenvalue weighted by molar-refractivity contribution is 0.0827. The molecule has 0 spiro atoms. The molecule has 1 amide bonds. The molecule has 0 bridgehead atoms. The summed E-state index contributed by atoms with van der Waals surface area (Å²) in [5, 5.41) is 9.27. The zero-order valence-corrected chi connectivity index (χ0v) is 8.69. The van der Waals surface area contributed by atoms with Crippen LogP contribution in [0.3, 0.4) is 0 Å². The van der Waals surface area contributed by atoms with Crippen molar-refractivity contribution in [1.82, 2.24) is 4.90 Å². The highest BCUT2D eigenvalue weighted by atomic mass is 16.3. The first kappa shape index (κ1) is 10.7. The lowest BCUT2D eigenvalue weighted by atomic mass is 10.1. The molecule has 0 aromatic heterocycles. The monoisotopic (exact) mass is 193 g/mol. The van der Waals surface area contributed by atoms with Gasteiger partial charge in [0.2, 0.25) is 0 Å². The van der Waals surface area contributed by atoms with Gasteiger partial charge in [0.25, 0.3) is 5.91 Å². The average molecular weight is 193 g/mol. The highest BCUT2D eigenvalue weighted by Gasteiger charge is 2.08. The van der Waals surface area contributed by atoms with Crippen LogP contribution in [0.2, 0.25) is 0 Å². The van der Waals surface area contributed by atoms with Gasteiger partial charge in [-0.2, -0.15) is 0 Å². The number of aliphatic hydroxyl groups is 1. The quantitative estimate of drug-likeness (QED) is 0.772. The van der Waals surface area contributed by atoms with Gasteiger partial charge >= 0.3 is 0 Å². The van der Waals surface area contributed by atoms with Crippen molar-refractivity contribution in [2.45, 2.75) is 13.0 Å². The van der Waals surface area contributed by atoms with E-state index in [0.717, 1.165) is 5.56 Å². The third-order valence-electron chi connectivity index (χ3n) is 2.05. The Balaban J connectivity index is 2.89. The lowest BCUT2D eigenvalue weighted by Gasteiger charge is -2.11. The molecule has 0 aliphatic heterocycles. The first-order valence-corrected chi connectivity index (χ1v) is 4.52. The van der Waals surface area contributed by atoms with Crippen LogP contribution in [0.15, 0.2) is 24.3 Å². The summed E-state index contributed by atoms with van der Waals surface area (Å²) in [6.45, 7) is 1.70. The number of aliphatic hydroxyl groups excluding tert-OH is 1. The van der Waals surface area contributed by atoms with Gasteiger partial charge in [-0.1, -0.05) is 12.1 Å². The lowest BCUT2D eigenvalue weighted by Crippen LogP contribution is -2.21. The van der Waals surface area contributed by atoms with E-state index in [1.165, 1.54) is 4.90 Å². The maximum atomic E-state index is 11.5. The van der Waals surface area contributed by atoms with Gasteiger partial charge < -0.3 is 10.0 Å². The molecule has 1 atom stereocenters. The maximum Gasteiger partial charge on any atom is 0.253 e. The number of hydrogen-bond donors (Lipinski definition) is 1. The Morgan fingerprint density at radius 3 is 2.14 bits per heavy atom. The fraction of sp³-hybridized carbons (Fsp3) is 0.364. The van der Waals surface area contributed by atoms with Crippen LogP contribution in [-0.4, -0.2) is 30.0 Å². The predicted octanol–water partition coefficient (Wildman–Crippen LogP) is 1.44. The fourth-order valence-corrected chi connectivity index (χ4v) is 1.16. The molecular weight excluding hydrogens is 178 g/mol. The van der Waals surface area contributed by atoms with Crippen LogP contribution < -0.4 is 0 Å². The molecule has 3 heteroatoms. The van der Waals surface area contributed by atoms with Crippen LogP contribution in [-0.2, 0) is 0 Å². The summed E-state index contributed by atoms with van der Waals surface area (Å²) in [7, 11) is 3.43. The number of nitrogens with zero attached hydrogens (tertiary/aromatic N) is 1. The third-order valence-corrected chi connectivity index (χ3v) is 2.05. The molecule has 0 saturated carbocycles. The van der Waals surface area contributed by atoms with Crippen molar-refractivity contribution in [1.29, 1.82) is 0 Å². The Hall–Kier alpha value is -1.35. The van der Waals surface area contributed by atoms with Gasteiger partial charge in [0.15, 0.2) is 0 Å². The number of amides is 1. The largest absolute Gasteiger partial charge is 0.389 e. The van der Waals surface area contributed by atoms with Crippen molar-refractivity contribution in [3.05, 3.63) is 35.4 Å². The molecule has 0 aliphatic rings. The minimum atomic E-state index is -0.487. The van der Waals surface area contributed by atoms with Gasteiger partial charge in [0, 0.05) is 19.7 Å². The highest BCUT2D eigenvalue weighted by molar-refractivity contribution is 5.93. The Labute approximate surface area is 84.0 Å². The van der Waals surface area contributed by atoms with E-state index in [0.29, 0.717) is 5.56 Å². The smallest absolute Gasteiger partial charge is 0.253 e. The second-order valence-electron chi connectivity index (χ2n) is 3.50. The molecule has 0 aliphatic carbocycles. The molecule has 0 unspecified atom stereocenters. The van der Waals surface area contributed by atoms with E-state index in [9.17, 15) is 9.90 Å². The molecule has 76 valence electrons. The van der Waals surface area contributed by atoms with Crippen molar-refractivity contribution < 1.29 is 9.90 Å². The van der Waals surface area contributed by atoms with Crippen LogP contribution >= 0.6 is 0 Å². The van der Waals surface area contributed by atoms with E-state index in [4.69, 9.17) is 0 Å². The van der Waals surface area contributed by atoms with Crippen molar-refractivity contribution in [3.8, 4) is 0 Å². The second-order valence-corrected chi connectivity index (χ2v) is 3.50. The Morgan fingerprint density at radius 2 is 1.79 bits per heavy atom. The number of carbonyl (C=O) groups is 1. The van der Waals surface area contributed by atoms with Crippen molar-refractivity contribution >= 4 is 5.91 Å². The maximum absolute atomic E-state index is 11.5.